The van der Waals surface area contributed by atoms with E-state index in [-0.39, 0.29) is 23.4 Å². The van der Waals surface area contributed by atoms with E-state index >= 15 is 0 Å². The Hall–Kier alpha value is -1.13. The monoisotopic (exact) mass is 293 g/mol. The summed E-state index contributed by atoms with van der Waals surface area (Å²) in [7, 11) is 1.56. The summed E-state index contributed by atoms with van der Waals surface area (Å²) in [4.78, 5) is 0. The zero-order valence-corrected chi connectivity index (χ0v) is 12.6. The third kappa shape index (κ3) is 2.79. The standard InChI is InChI=1S/C17H24FNO2/c1-20-14-6-4-5-13(18)15(14)16(19)12-7-10-21-17(11-12)8-2-3-9-17/h4-6,12,16H,2-3,7-11,19H2,1H3. The van der Waals surface area contributed by atoms with Gasteiger partial charge in [-0.05, 0) is 43.7 Å². The number of hydrogen-bond acceptors (Lipinski definition) is 3. The van der Waals surface area contributed by atoms with Crippen LogP contribution in [0.5, 0.6) is 5.75 Å². The van der Waals surface area contributed by atoms with Gasteiger partial charge < -0.3 is 15.2 Å². The van der Waals surface area contributed by atoms with Crippen LogP contribution >= 0.6 is 0 Å². The van der Waals surface area contributed by atoms with Gasteiger partial charge in [-0.15, -0.1) is 0 Å². The molecule has 2 fully saturated rings. The van der Waals surface area contributed by atoms with Crippen LogP contribution in [0.15, 0.2) is 18.2 Å². The van der Waals surface area contributed by atoms with E-state index in [1.165, 1.54) is 18.9 Å². The fourth-order valence-electron chi connectivity index (χ4n) is 3.99. The quantitative estimate of drug-likeness (QED) is 0.926. The minimum atomic E-state index is -0.331. The molecule has 1 spiro atoms. The Balaban J connectivity index is 1.83. The lowest BCUT2D eigenvalue weighted by Gasteiger charge is -2.40. The molecule has 0 bridgehead atoms. The van der Waals surface area contributed by atoms with Gasteiger partial charge in [0.1, 0.15) is 11.6 Å². The van der Waals surface area contributed by atoms with Crippen molar-refractivity contribution in [2.24, 2.45) is 11.7 Å². The van der Waals surface area contributed by atoms with Crippen molar-refractivity contribution in [1.82, 2.24) is 0 Å². The maximum absolute atomic E-state index is 14.2. The van der Waals surface area contributed by atoms with Gasteiger partial charge in [0.05, 0.1) is 12.7 Å². The minimum absolute atomic E-state index is 0.000964. The van der Waals surface area contributed by atoms with Crippen LogP contribution in [-0.4, -0.2) is 19.3 Å². The number of ether oxygens (including phenoxy) is 2. The van der Waals surface area contributed by atoms with Crippen molar-refractivity contribution in [3.63, 3.8) is 0 Å². The Kier molecular flexibility index (Phi) is 4.18. The van der Waals surface area contributed by atoms with E-state index in [2.05, 4.69) is 0 Å². The molecule has 1 aliphatic carbocycles. The summed E-state index contributed by atoms with van der Waals surface area (Å²) in [6.45, 7) is 0.731. The molecule has 3 nitrogen and oxygen atoms in total. The number of rotatable bonds is 3. The Morgan fingerprint density at radius 2 is 2.14 bits per heavy atom. The molecule has 0 radical (unpaired) electrons. The summed E-state index contributed by atoms with van der Waals surface area (Å²) in [6.07, 6.45) is 6.51. The fourth-order valence-corrected chi connectivity index (χ4v) is 3.99. The van der Waals surface area contributed by atoms with Gasteiger partial charge in [-0.2, -0.15) is 0 Å². The highest BCUT2D eigenvalue weighted by molar-refractivity contribution is 5.37. The van der Waals surface area contributed by atoms with Crippen LogP contribution in [0.4, 0.5) is 4.39 Å². The molecule has 1 saturated carbocycles. The second-order valence-corrected chi connectivity index (χ2v) is 6.37. The maximum Gasteiger partial charge on any atom is 0.131 e. The first-order chi connectivity index (χ1) is 10.2. The van der Waals surface area contributed by atoms with Crippen LogP contribution in [0, 0.1) is 11.7 Å². The summed E-state index contributed by atoms with van der Waals surface area (Å²) in [5.41, 5.74) is 6.94. The van der Waals surface area contributed by atoms with Crippen molar-refractivity contribution in [2.75, 3.05) is 13.7 Å². The maximum atomic E-state index is 14.2. The first kappa shape index (κ1) is 14.8. The number of halogens is 1. The zero-order chi connectivity index (χ0) is 14.9. The summed E-state index contributed by atoms with van der Waals surface area (Å²) < 4.78 is 25.6. The second kappa shape index (κ2) is 5.93. The highest BCUT2D eigenvalue weighted by atomic mass is 19.1. The van der Waals surface area contributed by atoms with E-state index in [0.29, 0.717) is 11.3 Å². The van der Waals surface area contributed by atoms with Crippen molar-refractivity contribution in [3.8, 4) is 5.75 Å². The SMILES string of the molecule is COc1cccc(F)c1C(N)C1CCOC2(CCCC2)C1. The Labute approximate surface area is 125 Å². The molecule has 1 aromatic rings. The van der Waals surface area contributed by atoms with Gasteiger partial charge in [-0.1, -0.05) is 18.9 Å². The molecule has 1 aliphatic heterocycles. The minimum Gasteiger partial charge on any atom is -0.496 e. The molecule has 4 heteroatoms. The lowest BCUT2D eigenvalue weighted by molar-refractivity contribution is -0.0965. The fraction of sp³-hybridized carbons (Fsp3) is 0.647. The highest BCUT2D eigenvalue weighted by Crippen LogP contribution is 2.46. The smallest absolute Gasteiger partial charge is 0.131 e. The van der Waals surface area contributed by atoms with Gasteiger partial charge in [0.15, 0.2) is 0 Å². The lowest BCUT2D eigenvalue weighted by atomic mass is 9.78. The number of benzene rings is 1. The molecule has 1 heterocycles. The van der Waals surface area contributed by atoms with Crippen LogP contribution in [0.1, 0.15) is 50.1 Å². The molecular weight excluding hydrogens is 269 g/mol. The third-order valence-electron chi connectivity index (χ3n) is 5.12. The van der Waals surface area contributed by atoms with Crippen molar-refractivity contribution in [2.45, 2.75) is 50.2 Å². The molecule has 3 rings (SSSR count). The van der Waals surface area contributed by atoms with E-state index in [1.54, 1.807) is 19.2 Å². The Morgan fingerprint density at radius 3 is 2.86 bits per heavy atom. The summed E-state index contributed by atoms with van der Waals surface area (Å²) in [5, 5.41) is 0. The summed E-state index contributed by atoms with van der Waals surface area (Å²) >= 11 is 0. The Morgan fingerprint density at radius 1 is 1.38 bits per heavy atom. The average molecular weight is 293 g/mol. The van der Waals surface area contributed by atoms with Crippen LogP contribution in [0.3, 0.4) is 0 Å². The van der Waals surface area contributed by atoms with Gasteiger partial charge in [-0.3, -0.25) is 0 Å². The van der Waals surface area contributed by atoms with Crippen LogP contribution < -0.4 is 10.5 Å². The van der Waals surface area contributed by atoms with Crippen LogP contribution in [0.2, 0.25) is 0 Å². The van der Waals surface area contributed by atoms with Gasteiger partial charge >= 0.3 is 0 Å². The normalized spacial score (nSPS) is 26.0. The van der Waals surface area contributed by atoms with Crippen molar-refractivity contribution in [1.29, 1.82) is 0 Å². The second-order valence-electron chi connectivity index (χ2n) is 6.37. The molecule has 2 N–H and O–H groups in total. The third-order valence-corrected chi connectivity index (χ3v) is 5.12. The van der Waals surface area contributed by atoms with Gasteiger partial charge in [0, 0.05) is 18.2 Å². The van der Waals surface area contributed by atoms with Gasteiger partial charge in [0.25, 0.3) is 0 Å². The summed E-state index contributed by atoms with van der Waals surface area (Å²) in [6, 6.07) is 4.57. The predicted molar refractivity (Wildman–Crippen MR) is 79.8 cm³/mol. The first-order valence-electron chi connectivity index (χ1n) is 7.87. The van der Waals surface area contributed by atoms with E-state index < -0.39 is 0 Å². The van der Waals surface area contributed by atoms with E-state index in [0.717, 1.165) is 32.3 Å². The zero-order valence-electron chi connectivity index (χ0n) is 12.6. The summed E-state index contributed by atoms with van der Waals surface area (Å²) in [5.74, 6) is 0.533. The molecule has 2 unspecified atom stereocenters. The first-order valence-corrected chi connectivity index (χ1v) is 7.87. The number of methoxy groups -OCH3 is 1. The predicted octanol–water partition coefficient (Wildman–Crippen LogP) is 3.57. The van der Waals surface area contributed by atoms with Crippen molar-refractivity contribution >= 4 is 0 Å². The molecule has 116 valence electrons. The molecule has 0 aromatic heterocycles. The molecular formula is C17H24FNO2. The topological polar surface area (TPSA) is 44.5 Å². The molecule has 21 heavy (non-hydrogen) atoms. The average Bonchev–Trinajstić information content (AvgIpc) is 2.94. The molecule has 0 amide bonds. The van der Waals surface area contributed by atoms with E-state index in [4.69, 9.17) is 15.2 Å². The van der Waals surface area contributed by atoms with Crippen molar-refractivity contribution in [3.05, 3.63) is 29.6 Å². The van der Waals surface area contributed by atoms with Gasteiger partial charge in [0.2, 0.25) is 0 Å². The molecule has 1 aromatic carbocycles. The van der Waals surface area contributed by atoms with Gasteiger partial charge in [-0.25, -0.2) is 4.39 Å². The lowest BCUT2D eigenvalue weighted by Crippen LogP contribution is -2.41. The van der Waals surface area contributed by atoms with E-state index in [9.17, 15) is 4.39 Å². The molecule has 2 aliphatic rings. The van der Waals surface area contributed by atoms with Crippen molar-refractivity contribution < 1.29 is 13.9 Å². The highest BCUT2D eigenvalue weighted by Gasteiger charge is 2.42. The van der Waals surface area contributed by atoms with Crippen LogP contribution in [0.25, 0.3) is 0 Å². The molecule has 1 saturated heterocycles. The molecule has 2 atom stereocenters. The number of nitrogens with two attached hydrogens (primary N) is 1. The largest absolute Gasteiger partial charge is 0.496 e. The Bertz CT molecular complexity index is 500. The number of hydrogen-bond donors (Lipinski definition) is 1. The van der Waals surface area contributed by atoms with E-state index in [1.807, 2.05) is 0 Å². The van der Waals surface area contributed by atoms with Crippen LogP contribution in [-0.2, 0) is 4.74 Å².